The van der Waals surface area contributed by atoms with Crippen LogP contribution in [0.4, 0.5) is 0 Å². The van der Waals surface area contributed by atoms with Gasteiger partial charge in [-0.2, -0.15) is 9.57 Å². The molecule has 11 heteroatoms. The zero-order valence-corrected chi connectivity index (χ0v) is 24.2. The molecule has 0 amide bonds. The molecule has 1 aromatic heterocycles. The summed E-state index contributed by atoms with van der Waals surface area (Å²) in [6, 6.07) is 18.1. The maximum absolute atomic E-state index is 13.8. The molecule has 0 saturated carbocycles. The van der Waals surface area contributed by atoms with E-state index in [1.807, 2.05) is 63.4 Å². The van der Waals surface area contributed by atoms with Gasteiger partial charge >= 0.3 is 5.97 Å². The number of esters is 1. The number of nitriles is 1. The van der Waals surface area contributed by atoms with E-state index in [9.17, 15) is 18.5 Å². The highest BCUT2D eigenvalue weighted by molar-refractivity contribution is 7.89. The van der Waals surface area contributed by atoms with Crippen molar-refractivity contribution in [3.63, 3.8) is 0 Å². The minimum Gasteiger partial charge on any atom is -0.488 e. The highest BCUT2D eigenvalue weighted by Gasteiger charge is 2.34. The van der Waals surface area contributed by atoms with Crippen LogP contribution in [-0.2, 0) is 33.1 Å². The standard InChI is InChI=1S/C30H31N5O5S/c1-5-39-30(36)15-25(23-9-10-27-26(14-23)32-33-34(27)4)22-8-6-19(2)24(13-22)18-35-17-20(3)40-28-11-7-21(16-31)12-29(28)41(35,37)38/h6-14,20,25H,5,15,17-18H2,1-4H3. The number of rotatable bonds is 7. The van der Waals surface area contributed by atoms with Crippen molar-refractivity contribution in [2.45, 2.75) is 50.7 Å². The third-order valence-corrected chi connectivity index (χ3v) is 9.15. The molecule has 0 N–H and O–H groups in total. The van der Waals surface area contributed by atoms with Crippen LogP contribution in [0.5, 0.6) is 5.75 Å². The van der Waals surface area contributed by atoms with E-state index in [1.54, 1.807) is 17.7 Å². The van der Waals surface area contributed by atoms with Gasteiger partial charge in [-0.25, -0.2) is 13.1 Å². The molecule has 212 valence electrons. The molecule has 10 nitrogen and oxygen atoms in total. The molecule has 5 rings (SSSR count). The minimum atomic E-state index is -3.97. The first-order valence-corrected chi connectivity index (χ1v) is 14.8. The molecule has 0 radical (unpaired) electrons. The molecular weight excluding hydrogens is 542 g/mol. The van der Waals surface area contributed by atoms with Crippen LogP contribution >= 0.6 is 0 Å². The lowest BCUT2D eigenvalue weighted by Gasteiger charge is -2.24. The average Bonchev–Trinajstić information content (AvgIpc) is 3.28. The van der Waals surface area contributed by atoms with Gasteiger partial charge in [-0.15, -0.1) is 5.10 Å². The highest BCUT2D eigenvalue weighted by Crippen LogP contribution is 2.35. The molecular formula is C30H31N5O5S. The molecule has 0 spiro atoms. The largest absolute Gasteiger partial charge is 0.488 e. The Morgan fingerprint density at radius 1 is 1.17 bits per heavy atom. The van der Waals surface area contributed by atoms with Crippen molar-refractivity contribution in [2.75, 3.05) is 13.2 Å². The molecule has 1 aliphatic heterocycles. The summed E-state index contributed by atoms with van der Waals surface area (Å²) >= 11 is 0. The van der Waals surface area contributed by atoms with E-state index in [1.165, 1.54) is 16.4 Å². The molecule has 3 aromatic carbocycles. The molecule has 2 atom stereocenters. The van der Waals surface area contributed by atoms with Crippen molar-refractivity contribution in [1.82, 2.24) is 19.3 Å². The van der Waals surface area contributed by atoms with E-state index < -0.39 is 16.1 Å². The Kier molecular flexibility index (Phi) is 7.80. The van der Waals surface area contributed by atoms with Gasteiger partial charge in [0.15, 0.2) is 0 Å². The average molecular weight is 574 g/mol. The lowest BCUT2D eigenvalue weighted by molar-refractivity contribution is -0.143. The molecule has 2 heterocycles. The van der Waals surface area contributed by atoms with Gasteiger partial charge in [-0.05, 0) is 73.4 Å². The summed E-state index contributed by atoms with van der Waals surface area (Å²) in [4.78, 5) is 12.7. The first-order valence-electron chi connectivity index (χ1n) is 13.4. The molecule has 2 unspecified atom stereocenters. The second kappa shape index (κ2) is 11.3. The Hall–Kier alpha value is -4.27. The van der Waals surface area contributed by atoms with Gasteiger partial charge in [0.25, 0.3) is 0 Å². The SMILES string of the molecule is CCOC(=O)CC(c1ccc(C)c(CN2CC(C)Oc3ccc(C#N)cc3S2(=O)=O)c1)c1ccc2c(c1)nnn2C. The van der Waals surface area contributed by atoms with E-state index in [0.29, 0.717) is 5.52 Å². The number of aryl methyl sites for hydroxylation is 2. The van der Waals surface area contributed by atoms with Gasteiger partial charge in [-0.1, -0.05) is 29.5 Å². The molecule has 1 aliphatic rings. The quantitative estimate of drug-likeness (QED) is 0.301. The zero-order chi connectivity index (χ0) is 29.3. The number of carbonyl (C=O) groups is 1. The normalized spacial score (nSPS) is 17.2. The second-order valence-electron chi connectivity index (χ2n) is 10.2. The van der Waals surface area contributed by atoms with Crippen LogP contribution in [0.15, 0.2) is 59.5 Å². The number of carbonyl (C=O) groups excluding carboxylic acids is 1. The summed E-state index contributed by atoms with van der Waals surface area (Å²) in [6.45, 7) is 6.02. The number of hydrogen-bond acceptors (Lipinski definition) is 8. The monoisotopic (exact) mass is 573 g/mol. The van der Waals surface area contributed by atoms with Gasteiger partial charge in [0, 0.05) is 19.5 Å². The zero-order valence-electron chi connectivity index (χ0n) is 23.4. The van der Waals surface area contributed by atoms with Gasteiger partial charge in [0.2, 0.25) is 10.0 Å². The van der Waals surface area contributed by atoms with Crippen molar-refractivity contribution in [3.8, 4) is 11.8 Å². The third kappa shape index (κ3) is 5.66. The number of benzene rings is 3. The van der Waals surface area contributed by atoms with Gasteiger partial charge in [0.1, 0.15) is 22.3 Å². The van der Waals surface area contributed by atoms with Crippen LogP contribution in [0, 0.1) is 18.3 Å². The maximum atomic E-state index is 13.8. The van der Waals surface area contributed by atoms with Crippen molar-refractivity contribution in [3.05, 3.63) is 82.4 Å². The molecule has 0 saturated heterocycles. The van der Waals surface area contributed by atoms with Crippen molar-refractivity contribution in [2.24, 2.45) is 7.05 Å². The fourth-order valence-electron chi connectivity index (χ4n) is 5.16. The van der Waals surface area contributed by atoms with Gasteiger partial charge in [-0.3, -0.25) is 4.79 Å². The fraction of sp³-hybridized carbons (Fsp3) is 0.333. The summed E-state index contributed by atoms with van der Waals surface area (Å²) in [5.74, 6) is -0.440. The topological polar surface area (TPSA) is 127 Å². The van der Waals surface area contributed by atoms with Gasteiger partial charge in [0.05, 0.1) is 36.7 Å². The van der Waals surface area contributed by atoms with Crippen LogP contribution in [0.25, 0.3) is 11.0 Å². The summed E-state index contributed by atoms with van der Waals surface area (Å²) in [7, 11) is -2.15. The van der Waals surface area contributed by atoms with Crippen LogP contribution in [-0.4, -0.2) is 52.9 Å². The maximum Gasteiger partial charge on any atom is 0.306 e. The third-order valence-electron chi connectivity index (χ3n) is 7.32. The molecule has 0 aliphatic carbocycles. The van der Waals surface area contributed by atoms with E-state index in [0.717, 1.165) is 27.8 Å². The first-order chi connectivity index (χ1) is 19.6. The predicted octanol–water partition coefficient (Wildman–Crippen LogP) is 4.21. The number of aromatic nitrogens is 3. The Labute approximate surface area is 239 Å². The second-order valence-corrected chi connectivity index (χ2v) is 12.1. The van der Waals surface area contributed by atoms with Crippen LogP contribution in [0.2, 0.25) is 0 Å². The molecule has 41 heavy (non-hydrogen) atoms. The predicted molar refractivity (Wildman–Crippen MR) is 152 cm³/mol. The Morgan fingerprint density at radius 3 is 2.68 bits per heavy atom. The summed E-state index contributed by atoms with van der Waals surface area (Å²) in [6.07, 6.45) is -0.294. The minimum absolute atomic E-state index is 0.0211. The Balaban J connectivity index is 1.54. The number of fused-ring (bicyclic) bond motifs is 2. The van der Waals surface area contributed by atoms with Crippen molar-refractivity contribution >= 4 is 27.0 Å². The van der Waals surface area contributed by atoms with Crippen molar-refractivity contribution in [1.29, 1.82) is 5.26 Å². The summed E-state index contributed by atoms with van der Waals surface area (Å²) < 4.78 is 41.9. The Morgan fingerprint density at radius 2 is 1.93 bits per heavy atom. The molecule has 4 aromatic rings. The van der Waals surface area contributed by atoms with E-state index in [4.69, 9.17) is 9.47 Å². The number of nitrogens with zero attached hydrogens (tertiary/aromatic N) is 5. The summed E-state index contributed by atoms with van der Waals surface area (Å²) in [5, 5.41) is 17.7. The number of sulfonamides is 1. The van der Waals surface area contributed by atoms with Crippen molar-refractivity contribution < 1.29 is 22.7 Å². The van der Waals surface area contributed by atoms with E-state index >= 15 is 0 Å². The fourth-order valence-corrected chi connectivity index (χ4v) is 6.80. The smallest absolute Gasteiger partial charge is 0.306 e. The lowest BCUT2D eigenvalue weighted by atomic mass is 9.86. The van der Waals surface area contributed by atoms with Crippen LogP contribution in [0.3, 0.4) is 0 Å². The van der Waals surface area contributed by atoms with Crippen LogP contribution in [0.1, 0.15) is 54.0 Å². The highest BCUT2D eigenvalue weighted by atomic mass is 32.2. The van der Waals surface area contributed by atoms with Crippen LogP contribution < -0.4 is 4.74 Å². The number of ether oxygens (including phenoxy) is 2. The molecule has 0 fully saturated rings. The van der Waals surface area contributed by atoms with Gasteiger partial charge < -0.3 is 9.47 Å². The summed E-state index contributed by atoms with van der Waals surface area (Å²) in [5.41, 5.74) is 5.26. The van der Waals surface area contributed by atoms with E-state index in [-0.39, 0.29) is 54.2 Å². The molecule has 0 bridgehead atoms. The Bertz CT molecular complexity index is 1780. The number of hydrogen-bond donors (Lipinski definition) is 0. The first kappa shape index (κ1) is 28.3. The lowest BCUT2D eigenvalue weighted by Crippen LogP contribution is -2.35. The van der Waals surface area contributed by atoms with E-state index in [2.05, 4.69) is 10.3 Å².